The molecule has 5 rings (SSSR count). The number of nitrogens with one attached hydrogen (secondary N) is 1. The first-order valence-electron chi connectivity index (χ1n) is 9.07. The summed E-state index contributed by atoms with van der Waals surface area (Å²) in [6.07, 6.45) is 1.88. The molecule has 1 atom stereocenters. The van der Waals surface area contributed by atoms with Crippen LogP contribution < -0.4 is 16.0 Å². The van der Waals surface area contributed by atoms with Crippen molar-refractivity contribution in [2.75, 3.05) is 30.3 Å². The highest BCUT2D eigenvalue weighted by Crippen LogP contribution is 2.30. The van der Waals surface area contributed by atoms with Crippen molar-refractivity contribution >= 4 is 43.5 Å². The van der Waals surface area contributed by atoms with Crippen molar-refractivity contribution in [2.45, 2.75) is 13.0 Å². The molecule has 1 aliphatic rings. The van der Waals surface area contributed by atoms with Crippen LogP contribution in [-0.2, 0) is 0 Å². The van der Waals surface area contributed by atoms with Gasteiger partial charge in [0.25, 0.3) is 0 Å². The molecule has 6 nitrogen and oxygen atoms in total. The van der Waals surface area contributed by atoms with E-state index in [1.54, 1.807) is 0 Å². The van der Waals surface area contributed by atoms with Crippen LogP contribution >= 0.6 is 11.3 Å². The predicted molar refractivity (Wildman–Crippen MR) is 112 cm³/mol. The number of thiazole rings is 1. The van der Waals surface area contributed by atoms with E-state index in [4.69, 9.17) is 10.7 Å². The van der Waals surface area contributed by atoms with Crippen LogP contribution in [0.25, 0.3) is 32.4 Å². The van der Waals surface area contributed by atoms with Crippen molar-refractivity contribution in [2.24, 2.45) is 0 Å². The number of aromatic nitrogens is 3. The van der Waals surface area contributed by atoms with Gasteiger partial charge in [-0.3, -0.25) is 4.98 Å². The highest BCUT2D eigenvalue weighted by Gasteiger charge is 2.17. The van der Waals surface area contributed by atoms with Gasteiger partial charge in [0.15, 0.2) is 5.13 Å². The van der Waals surface area contributed by atoms with Crippen LogP contribution in [0.4, 0.5) is 10.9 Å². The molecule has 3 N–H and O–H groups in total. The van der Waals surface area contributed by atoms with E-state index >= 15 is 0 Å². The number of rotatable bonds is 2. The summed E-state index contributed by atoms with van der Waals surface area (Å²) >= 11 is 1.51. The Labute approximate surface area is 161 Å². The number of anilines is 2. The molecule has 4 aromatic rings. The third-order valence-corrected chi connectivity index (χ3v) is 5.81. The first-order valence-corrected chi connectivity index (χ1v) is 9.89. The Morgan fingerprint density at radius 1 is 1.07 bits per heavy atom. The maximum Gasteiger partial charge on any atom is 0.181 e. The van der Waals surface area contributed by atoms with E-state index in [1.165, 1.54) is 11.3 Å². The maximum atomic E-state index is 5.83. The maximum absolute atomic E-state index is 5.83. The van der Waals surface area contributed by atoms with E-state index in [2.05, 4.69) is 51.4 Å². The van der Waals surface area contributed by atoms with Crippen LogP contribution in [0, 0.1) is 0 Å². The molecule has 0 bridgehead atoms. The summed E-state index contributed by atoms with van der Waals surface area (Å²) in [4.78, 5) is 16.1. The molecule has 0 aliphatic carbocycles. The van der Waals surface area contributed by atoms with Gasteiger partial charge in [-0.05, 0) is 42.3 Å². The molecule has 0 radical (unpaired) electrons. The fraction of sp³-hybridized carbons (Fsp3) is 0.250. The lowest BCUT2D eigenvalue weighted by Gasteiger charge is -2.32. The lowest BCUT2D eigenvalue weighted by molar-refractivity contribution is 0.482. The molecule has 1 fully saturated rings. The van der Waals surface area contributed by atoms with Crippen molar-refractivity contribution in [3.05, 3.63) is 42.6 Å². The van der Waals surface area contributed by atoms with Crippen LogP contribution in [0.3, 0.4) is 0 Å². The van der Waals surface area contributed by atoms with E-state index in [0.29, 0.717) is 11.2 Å². The molecular weight excluding hydrogens is 356 g/mol. The van der Waals surface area contributed by atoms with Crippen LogP contribution in [0.5, 0.6) is 0 Å². The zero-order valence-electron chi connectivity index (χ0n) is 15.0. The minimum absolute atomic E-state index is 0.459. The zero-order chi connectivity index (χ0) is 18.4. The average molecular weight is 376 g/mol. The fourth-order valence-corrected chi connectivity index (χ4v) is 4.37. The Morgan fingerprint density at radius 2 is 1.89 bits per heavy atom. The van der Waals surface area contributed by atoms with Gasteiger partial charge in [-0.25, -0.2) is 9.97 Å². The Kier molecular flexibility index (Phi) is 3.91. The van der Waals surface area contributed by atoms with E-state index in [9.17, 15) is 0 Å². The molecule has 0 amide bonds. The third-order valence-electron chi connectivity index (χ3n) is 4.96. The first-order chi connectivity index (χ1) is 13.2. The van der Waals surface area contributed by atoms with Crippen molar-refractivity contribution in [3.63, 3.8) is 0 Å². The van der Waals surface area contributed by atoms with Crippen molar-refractivity contribution in [3.8, 4) is 11.1 Å². The Balaban J connectivity index is 1.54. The molecular formula is C20H20N6S. The van der Waals surface area contributed by atoms with Crippen LogP contribution in [-0.4, -0.2) is 40.6 Å². The third kappa shape index (κ3) is 3.09. The van der Waals surface area contributed by atoms with Gasteiger partial charge < -0.3 is 16.0 Å². The summed E-state index contributed by atoms with van der Waals surface area (Å²) in [5.41, 5.74) is 10.9. The van der Waals surface area contributed by atoms with E-state index in [1.807, 2.05) is 18.3 Å². The standard InChI is InChI=1S/C20H20N6S/c1-12-11-26(7-6-22-12)19-10-23-15-4-2-13(8-17(15)24-19)14-3-5-16-18(9-14)27-20(21)25-16/h2-5,8-10,12,22H,6-7,11H2,1H3,(H2,21,25). The van der Waals surface area contributed by atoms with Gasteiger partial charge in [0.05, 0.1) is 27.4 Å². The smallest absolute Gasteiger partial charge is 0.181 e. The number of nitrogen functional groups attached to an aromatic ring is 1. The molecule has 3 heterocycles. The Hall–Kier alpha value is -2.77. The topological polar surface area (TPSA) is 80.0 Å². The molecule has 0 spiro atoms. The minimum Gasteiger partial charge on any atom is -0.375 e. The summed E-state index contributed by atoms with van der Waals surface area (Å²) in [6, 6.07) is 12.9. The SMILES string of the molecule is CC1CN(c2cnc3ccc(-c4ccc5nc(N)sc5c4)cc3n2)CCN1. The van der Waals surface area contributed by atoms with E-state index in [0.717, 1.165) is 57.8 Å². The van der Waals surface area contributed by atoms with Crippen molar-refractivity contribution in [1.29, 1.82) is 0 Å². The van der Waals surface area contributed by atoms with Gasteiger partial charge in [0.1, 0.15) is 5.82 Å². The van der Waals surface area contributed by atoms with Gasteiger partial charge in [-0.2, -0.15) is 0 Å². The number of nitrogens with two attached hydrogens (primary N) is 1. The molecule has 27 heavy (non-hydrogen) atoms. The van der Waals surface area contributed by atoms with Crippen LogP contribution in [0.2, 0.25) is 0 Å². The van der Waals surface area contributed by atoms with Gasteiger partial charge in [0.2, 0.25) is 0 Å². The Morgan fingerprint density at radius 3 is 2.74 bits per heavy atom. The number of benzene rings is 2. The molecule has 1 saturated heterocycles. The molecule has 2 aromatic carbocycles. The zero-order valence-corrected chi connectivity index (χ0v) is 15.8. The quantitative estimate of drug-likeness (QED) is 0.559. The molecule has 7 heteroatoms. The molecule has 2 aromatic heterocycles. The lowest BCUT2D eigenvalue weighted by atomic mass is 10.0. The second kappa shape index (κ2) is 6.44. The highest BCUT2D eigenvalue weighted by atomic mass is 32.1. The Bertz CT molecular complexity index is 1140. The van der Waals surface area contributed by atoms with E-state index in [-0.39, 0.29) is 0 Å². The fourth-order valence-electron chi connectivity index (χ4n) is 3.60. The van der Waals surface area contributed by atoms with Crippen LogP contribution in [0.1, 0.15) is 6.92 Å². The van der Waals surface area contributed by atoms with Crippen LogP contribution in [0.15, 0.2) is 42.6 Å². The number of fused-ring (bicyclic) bond motifs is 2. The number of hydrogen-bond donors (Lipinski definition) is 2. The second-order valence-corrected chi connectivity index (χ2v) is 8.03. The number of hydrogen-bond acceptors (Lipinski definition) is 7. The van der Waals surface area contributed by atoms with E-state index < -0.39 is 0 Å². The molecule has 136 valence electrons. The van der Waals surface area contributed by atoms with Gasteiger partial charge in [-0.1, -0.05) is 23.5 Å². The summed E-state index contributed by atoms with van der Waals surface area (Å²) in [5, 5.41) is 4.06. The summed E-state index contributed by atoms with van der Waals surface area (Å²) in [7, 11) is 0. The van der Waals surface area contributed by atoms with Gasteiger partial charge >= 0.3 is 0 Å². The number of piperazine rings is 1. The summed E-state index contributed by atoms with van der Waals surface area (Å²) in [5.74, 6) is 0.943. The monoisotopic (exact) mass is 376 g/mol. The number of nitrogens with zero attached hydrogens (tertiary/aromatic N) is 4. The van der Waals surface area contributed by atoms with Gasteiger partial charge in [0, 0.05) is 25.7 Å². The second-order valence-electron chi connectivity index (χ2n) is 6.97. The molecule has 1 aliphatic heterocycles. The highest BCUT2D eigenvalue weighted by molar-refractivity contribution is 7.22. The first kappa shape index (κ1) is 16.4. The minimum atomic E-state index is 0.459. The average Bonchev–Trinajstić information content (AvgIpc) is 3.06. The normalized spacial score (nSPS) is 17.7. The van der Waals surface area contributed by atoms with Gasteiger partial charge in [-0.15, -0.1) is 0 Å². The van der Waals surface area contributed by atoms with Crippen molar-refractivity contribution in [1.82, 2.24) is 20.3 Å². The molecule has 0 saturated carbocycles. The predicted octanol–water partition coefficient (Wildman–Crippen LogP) is 3.29. The summed E-state index contributed by atoms with van der Waals surface area (Å²) < 4.78 is 1.10. The van der Waals surface area contributed by atoms with Crippen molar-refractivity contribution < 1.29 is 0 Å². The largest absolute Gasteiger partial charge is 0.375 e. The molecule has 1 unspecified atom stereocenters. The lowest BCUT2D eigenvalue weighted by Crippen LogP contribution is -2.49. The summed E-state index contributed by atoms with van der Waals surface area (Å²) in [6.45, 7) is 5.07.